The number of thioether (sulfide) groups is 1. The lowest BCUT2D eigenvalue weighted by atomic mass is 10.2. The largest absolute Gasteiger partial charge is 0.462 e. The number of nitrogens with zero attached hydrogens (tertiary/aromatic N) is 2. The minimum Gasteiger partial charge on any atom is -0.462 e. The normalized spacial score (nSPS) is 19.6. The Kier molecular flexibility index (Phi) is 4.60. The molecule has 0 saturated carbocycles. The van der Waals surface area contributed by atoms with Gasteiger partial charge in [-0.05, 0) is 51.0 Å². The highest BCUT2D eigenvalue weighted by atomic mass is 32.2. The molecule has 1 aliphatic heterocycles. The first kappa shape index (κ1) is 18.3. The average Bonchev–Trinajstić information content (AvgIpc) is 3.06. The fourth-order valence-electron chi connectivity index (χ4n) is 3.29. The van der Waals surface area contributed by atoms with Gasteiger partial charge in [0.05, 0.1) is 11.1 Å². The highest BCUT2D eigenvalue weighted by molar-refractivity contribution is 8.00. The number of hydrogen-bond acceptors (Lipinski definition) is 6. The lowest BCUT2D eigenvalue weighted by molar-refractivity contribution is -0.140. The van der Waals surface area contributed by atoms with Crippen LogP contribution in [0.1, 0.15) is 29.3 Å². The molecule has 0 amide bonds. The molecule has 140 valence electrons. The molecular weight excluding hydrogens is 380 g/mol. The van der Waals surface area contributed by atoms with Crippen molar-refractivity contribution in [1.29, 1.82) is 0 Å². The Labute approximate surface area is 165 Å². The van der Waals surface area contributed by atoms with Gasteiger partial charge in [-0.25, -0.2) is 4.98 Å². The van der Waals surface area contributed by atoms with Gasteiger partial charge in [-0.1, -0.05) is 23.9 Å². The summed E-state index contributed by atoms with van der Waals surface area (Å²) in [5.74, 6) is -0.240. The van der Waals surface area contributed by atoms with Crippen molar-refractivity contribution in [2.45, 2.75) is 50.6 Å². The summed E-state index contributed by atoms with van der Waals surface area (Å²) in [5, 5.41) is 0.851. The molecule has 0 unspecified atom stereocenters. The van der Waals surface area contributed by atoms with Crippen molar-refractivity contribution >= 4 is 39.3 Å². The van der Waals surface area contributed by atoms with Crippen LogP contribution in [0.4, 0.5) is 0 Å². The zero-order valence-corrected chi connectivity index (χ0v) is 17.2. The van der Waals surface area contributed by atoms with E-state index in [1.54, 1.807) is 4.57 Å². The monoisotopic (exact) mass is 400 g/mol. The first-order valence-corrected chi connectivity index (χ1v) is 10.5. The van der Waals surface area contributed by atoms with Gasteiger partial charge >= 0.3 is 5.97 Å². The minimum atomic E-state index is -0.345. The summed E-state index contributed by atoms with van der Waals surface area (Å²) in [6.45, 7) is 7.83. The molecule has 4 rings (SSSR count). The Morgan fingerprint density at radius 2 is 2.04 bits per heavy atom. The molecule has 1 aliphatic rings. The molecule has 0 aliphatic carbocycles. The zero-order chi connectivity index (χ0) is 19.3. The molecule has 1 fully saturated rings. The molecule has 0 N–H and O–H groups in total. The second kappa shape index (κ2) is 6.80. The number of aromatic nitrogens is 2. The second-order valence-corrected chi connectivity index (χ2v) is 9.30. The summed E-state index contributed by atoms with van der Waals surface area (Å²) < 4.78 is 6.91. The number of carbonyl (C=O) groups excluding carboxylic acids is 1. The van der Waals surface area contributed by atoms with Crippen molar-refractivity contribution in [2.24, 2.45) is 0 Å². The van der Waals surface area contributed by atoms with E-state index in [-0.39, 0.29) is 22.9 Å². The molecular formula is C20H20N2O3S2. The van der Waals surface area contributed by atoms with E-state index in [0.717, 1.165) is 26.5 Å². The summed E-state index contributed by atoms with van der Waals surface area (Å²) >= 11 is 2.84. The SMILES string of the molecule is Cc1cccc(-n2c(S[C@H]3C[C@H](C)OC3=O)nc3sc(C)c(C)c3c2=O)c1. The molecule has 0 radical (unpaired) electrons. The van der Waals surface area contributed by atoms with Crippen LogP contribution in [0.2, 0.25) is 0 Å². The standard InChI is InChI=1S/C20H20N2O3S2/c1-10-6-5-7-14(8-10)22-18(23)16-12(3)13(4)26-17(16)21-20(22)27-15-9-11(2)25-19(15)24/h5-8,11,15H,9H2,1-4H3/t11-,15-/m0/s1. The van der Waals surface area contributed by atoms with Crippen LogP contribution in [0.15, 0.2) is 34.2 Å². The van der Waals surface area contributed by atoms with Gasteiger partial charge in [-0.15, -0.1) is 11.3 Å². The summed E-state index contributed by atoms with van der Waals surface area (Å²) in [5.41, 5.74) is 2.70. The van der Waals surface area contributed by atoms with Gasteiger partial charge < -0.3 is 4.74 Å². The van der Waals surface area contributed by atoms with Gasteiger partial charge in [0.2, 0.25) is 0 Å². The first-order chi connectivity index (χ1) is 12.8. The molecule has 1 saturated heterocycles. The number of rotatable bonds is 3. The zero-order valence-electron chi connectivity index (χ0n) is 15.6. The molecule has 27 heavy (non-hydrogen) atoms. The van der Waals surface area contributed by atoms with E-state index < -0.39 is 0 Å². The Hall–Kier alpha value is -2.12. The molecule has 2 aromatic heterocycles. The van der Waals surface area contributed by atoms with Crippen LogP contribution in [0.25, 0.3) is 15.9 Å². The molecule has 3 aromatic rings. The van der Waals surface area contributed by atoms with Crippen molar-refractivity contribution in [3.05, 3.63) is 50.6 Å². The van der Waals surface area contributed by atoms with E-state index in [2.05, 4.69) is 0 Å². The molecule has 5 nitrogen and oxygen atoms in total. The van der Waals surface area contributed by atoms with Crippen LogP contribution >= 0.6 is 23.1 Å². The maximum atomic E-state index is 13.4. The maximum Gasteiger partial charge on any atom is 0.319 e. The Balaban J connectivity index is 1.94. The summed E-state index contributed by atoms with van der Waals surface area (Å²) in [6.07, 6.45) is 0.511. The first-order valence-electron chi connectivity index (χ1n) is 8.82. The van der Waals surface area contributed by atoms with Gasteiger partial charge in [0.25, 0.3) is 5.56 Å². The van der Waals surface area contributed by atoms with E-state index in [0.29, 0.717) is 17.0 Å². The molecule has 0 spiro atoms. The van der Waals surface area contributed by atoms with E-state index in [4.69, 9.17) is 9.72 Å². The minimum absolute atomic E-state index is 0.0886. The fourth-order valence-corrected chi connectivity index (χ4v) is 5.58. The third-order valence-corrected chi connectivity index (χ3v) is 7.06. The predicted octanol–water partition coefficient (Wildman–Crippen LogP) is 4.17. The maximum absolute atomic E-state index is 13.4. The number of carbonyl (C=O) groups is 1. The number of ether oxygens (including phenoxy) is 1. The Morgan fingerprint density at radius 1 is 1.26 bits per heavy atom. The summed E-state index contributed by atoms with van der Waals surface area (Å²) in [4.78, 5) is 32.1. The molecule has 3 heterocycles. The van der Waals surface area contributed by atoms with Crippen molar-refractivity contribution in [1.82, 2.24) is 9.55 Å². The number of esters is 1. The van der Waals surface area contributed by atoms with Crippen LogP contribution in [0.5, 0.6) is 0 Å². The van der Waals surface area contributed by atoms with Gasteiger partial charge in [0.15, 0.2) is 5.16 Å². The van der Waals surface area contributed by atoms with E-state index >= 15 is 0 Å². The van der Waals surface area contributed by atoms with Gasteiger partial charge in [-0.2, -0.15) is 0 Å². The Morgan fingerprint density at radius 3 is 2.70 bits per heavy atom. The third kappa shape index (κ3) is 3.19. The lowest BCUT2D eigenvalue weighted by Gasteiger charge is -2.14. The molecule has 2 atom stereocenters. The van der Waals surface area contributed by atoms with Gasteiger partial charge in [0.1, 0.15) is 16.2 Å². The highest BCUT2D eigenvalue weighted by Gasteiger charge is 2.34. The average molecular weight is 401 g/mol. The molecule has 7 heteroatoms. The summed E-state index contributed by atoms with van der Waals surface area (Å²) in [7, 11) is 0. The summed E-state index contributed by atoms with van der Waals surface area (Å²) in [6, 6.07) is 7.77. The topological polar surface area (TPSA) is 61.2 Å². The van der Waals surface area contributed by atoms with E-state index in [1.165, 1.54) is 23.1 Å². The number of aryl methyl sites for hydroxylation is 3. The second-order valence-electron chi connectivity index (χ2n) is 6.93. The number of thiophene rings is 1. The van der Waals surface area contributed by atoms with Crippen LogP contribution < -0.4 is 5.56 Å². The van der Waals surface area contributed by atoms with Crippen LogP contribution in [-0.4, -0.2) is 26.9 Å². The fraction of sp³-hybridized carbons (Fsp3) is 0.350. The number of hydrogen-bond donors (Lipinski definition) is 0. The Bertz CT molecular complexity index is 1120. The number of fused-ring (bicyclic) bond motifs is 1. The van der Waals surface area contributed by atoms with E-state index in [1.807, 2.05) is 52.0 Å². The number of benzene rings is 1. The van der Waals surface area contributed by atoms with Crippen molar-refractivity contribution in [2.75, 3.05) is 0 Å². The van der Waals surface area contributed by atoms with Crippen LogP contribution in [0, 0.1) is 20.8 Å². The van der Waals surface area contributed by atoms with Crippen LogP contribution in [0.3, 0.4) is 0 Å². The highest BCUT2D eigenvalue weighted by Crippen LogP contribution is 2.34. The van der Waals surface area contributed by atoms with E-state index in [9.17, 15) is 9.59 Å². The van der Waals surface area contributed by atoms with Crippen LogP contribution in [-0.2, 0) is 9.53 Å². The van der Waals surface area contributed by atoms with Gasteiger partial charge in [-0.3, -0.25) is 14.2 Å². The predicted molar refractivity (Wildman–Crippen MR) is 109 cm³/mol. The van der Waals surface area contributed by atoms with Crippen molar-refractivity contribution < 1.29 is 9.53 Å². The smallest absolute Gasteiger partial charge is 0.319 e. The molecule has 0 bridgehead atoms. The number of cyclic esters (lactones) is 1. The van der Waals surface area contributed by atoms with Crippen molar-refractivity contribution in [3.63, 3.8) is 0 Å². The quantitative estimate of drug-likeness (QED) is 0.488. The molecule has 1 aromatic carbocycles. The lowest BCUT2D eigenvalue weighted by Crippen LogP contribution is -2.23. The van der Waals surface area contributed by atoms with Crippen molar-refractivity contribution in [3.8, 4) is 5.69 Å². The third-order valence-electron chi connectivity index (χ3n) is 4.81. The van der Waals surface area contributed by atoms with Gasteiger partial charge in [0, 0.05) is 11.3 Å².